The molecule has 2 N–H and O–H groups in total. The third-order valence-electron chi connectivity index (χ3n) is 3.98. The van der Waals surface area contributed by atoms with Gasteiger partial charge in [-0.25, -0.2) is 13.4 Å². The number of sulfone groups is 1. The molecule has 0 saturated carbocycles. The van der Waals surface area contributed by atoms with Crippen LogP contribution in [-0.4, -0.2) is 87.8 Å². The zero-order chi connectivity index (χ0) is 26.1. The van der Waals surface area contributed by atoms with E-state index in [4.69, 9.17) is 10.1 Å². The van der Waals surface area contributed by atoms with Gasteiger partial charge in [0, 0.05) is 25.4 Å². The number of amidine groups is 1. The molecule has 0 aliphatic carbocycles. The highest BCUT2D eigenvalue weighted by Crippen LogP contribution is 2.19. The molecule has 0 heterocycles. The van der Waals surface area contributed by atoms with Crippen LogP contribution in [0.25, 0.3) is 0 Å². The van der Waals surface area contributed by atoms with E-state index in [9.17, 15) is 26.4 Å². The summed E-state index contributed by atoms with van der Waals surface area (Å²) in [6, 6.07) is 5.84. The zero-order valence-corrected chi connectivity index (χ0v) is 21.9. The zero-order valence-electron chi connectivity index (χ0n) is 18.9. The second-order valence-corrected chi connectivity index (χ2v) is 10.1. The van der Waals surface area contributed by atoms with E-state index in [-0.39, 0.29) is 26.8 Å². The number of carbonyl (C=O) groups is 1. The number of aliphatic imine (C=N–C) groups is 2. The third kappa shape index (κ3) is 10.3. The molecule has 0 radical (unpaired) electrons. The van der Waals surface area contributed by atoms with Gasteiger partial charge in [0.1, 0.15) is 22.6 Å². The van der Waals surface area contributed by atoms with Crippen molar-refractivity contribution < 1.29 is 31.1 Å². The Morgan fingerprint density at radius 1 is 1.32 bits per heavy atom. The Morgan fingerprint density at radius 2 is 1.97 bits per heavy atom. The molecular formula is C20H25F3IN5O4S. The monoisotopic (exact) mass is 615 g/mol. The summed E-state index contributed by atoms with van der Waals surface area (Å²) >= 11 is 1.79. The van der Waals surface area contributed by atoms with Crippen LogP contribution in [0.4, 0.5) is 13.2 Å². The number of halogens is 4. The molecule has 0 bridgehead atoms. The quantitative estimate of drug-likeness (QED) is 0.181. The van der Waals surface area contributed by atoms with Crippen molar-refractivity contribution in [1.82, 2.24) is 10.2 Å². The van der Waals surface area contributed by atoms with Crippen LogP contribution >= 0.6 is 22.6 Å². The molecule has 0 saturated heterocycles. The van der Waals surface area contributed by atoms with E-state index < -0.39 is 34.2 Å². The number of nitrogens with one attached hydrogen (secondary N) is 2. The van der Waals surface area contributed by atoms with E-state index in [0.29, 0.717) is 18.2 Å². The van der Waals surface area contributed by atoms with E-state index in [0.717, 1.165) is 6.26 Å². The molecule has 0 aliphatic heterocycles. The van der Waals surface area contributed by atoms with E-state index in [1.165, 1.54) is 25.2 Å². The number of likely N-dealkylation sites (N-methyl/N-ethyl adjacent to an activating group) is 1. The molecule has 0 aliphatic rings. The summed E-state index contributed by atoms with van der Waals surface area (Å²) in [6.45, 7) is 0.0648. The Hall–Kier alpha value is -2.33. The van der Waals surface area contributed by atoms with Crippen molar-refractivity contribution in [2.75, 3.05) is 47.1 Å². The van der Waals surface area contributed by atoms with Crippen molar-refractivity contribution in [1.29, 1.82) is 5.41 Å². The number of allylic oxidation sites excluding steroid dienone is 1. The van der Waals surface area contributed by atoms with Crippen LogP contribution in [0.5, 0.6) is 0 Å². The maximum atomic E-state index is 13.0. The summed E-state index contributed by atoms with van der Waals surface area (Å²) in [7, 11) is 1.35. The van der Waals surface area contributed by atoms with Crippen LogP contribution in [0.1, 0.15) is 5.56 Å². The van der Waals surface area contributed by atoms with Crippen LogP contribution in [0.15, 0.2) is 50.9 Å². The van der Waals surface area contributed by atoms with Gasteiger partial charge in [0.05, 0.1) is 10.6 Å². The predicted molar refractivity (Wildman–Crippen MR) is 133 cm³/mol. The van der Waals surface area contributed by atoms with Gasteiger partial charge >= 0.3 is 12.1 Å². The predicted octanol–water partition coefficient (Wildman–Crippen LogP) is 2.46. The molecule has 0 amide bonds. The van der Waals surface area contributed by atoms with E-state index in [1.807, 2.05) is 0 Å². The van der Waals surface area contributed by atoms with Crippen LogP contribution in [0, 0.1) is 5.41 Å². The van der Waals surface area contributed by atoms with Crippen LogP contribution in [0.2, 0.25) is 0 Å². The van der Waals surface area contributed by atoms with Gasteiger partial charge in [-0.3, -0.25) is 15.2 Å². The smallest absolute Gasteiger partial charge is 0.432 e. The highest BCUT2D eigenvalue weighted by Gasteiger charge is 2.33. The molecule has 1 rings (SSSR count). The van der Waals surface area contributed by atoms with Gasteiger partial charge in [0.2, 0.25) is 0 Å². The molecule has 0 unspecified atom stereocenters. The van der Waals surface area contributed by atoms with Gasteiger partial charge in [-0.15, -0.1) is 0 Å². The fourth-order valence-corrected chi connectivity index (χ4v) is 3.46. The number of rotatable bonds is 10. The second kappa shape index (κ2) is 12.9. The molecule has 0 aromatic heterocycles. The summed E-state index contributed by atoms with van der Waals surface area (Å²) in [4.78, 5) is 21.9. The minimum absolute atomic E-state index is 0.0394. The molecule has 1 aromatic rings. The number of ether oxygens (including phenoxy) is 1. The fraction of sp³-hybridized carbons (Fsp3) is 0.400. The first-order chi connectivity index (χ1) is 15.6. The third-order valence-corrected chi connectivity index (χ3v) is 5.95. The second-order valence-electron chi connectivity index (χ2n) is 7.10. The van der Waals surface area contributed by atoms with Crippen LogP contribution < -0.4 is 5.32 Å². The number of alkyl halides is 3. The Kier molecular flexibility index (Phi) is 11.3. The lowest BCUT2D eigenvalue weighted by molar-refractivity contribution is -0.142. The highest BCUT2D eigenvalue weighted by atomic mass is 127. The van der Waals surface area contributed by atoms with E-state index >= 15 is 0 Å². The van der Waals surface area contributed by atoms with Gasteiger partial charge in [-0.2, -0.15) is 13.2 Å². The molecular weight excluding hydrogens is 590 g/mol. The molecule has 9 nitrogen and oxygen atoms in total. The minimum Gasteiger partial charge on any atom is -0.463 e. The lowest BCUT2D eigenvalue weighted by Crippen LogP contribution is -2.31. The van der Waals surface area contributed by atoms with Gasteiger partial charge in [0.25, 0.3) is 0 Å². The molecule has 14 heteroatoms. The van der Waals surface area contributed by atoms with Crippen molar-refractivity contribution in [3.05, 3.63) is 41.6 Å². The average molecular weight is 615 g/mol. The first kappa shape index (κ1) is 29.7. The maximum absolute atomic E-state index is 13.0. The largest absolute Gasteiger partial charge is 0.463 e. The van der Waals surface area contributed by atoms with Crippen LogP contribution in [-0.2, 0) is 19.4 Å². The maximum Gasteiger partial charge on any atom is 0.432 e. The number of nitrogens with zero attached hydrogens (tertiary/aromatic N) is 3. The Morgan fingerprint density at radius 3 is 2.50 bits per heavy atom. The minimum atomic E-state index is -4.93. The molecule has 0 fully saturated rings. The van der Waals surface area contributed by atoms with Gasteiger partial charge < -0.3 is 15.0 Å². The lowest BCUT2D eigenvalue weighted by atomic mass is 10.2. The summed E-state index contributed by atoms with van der Waals surface area (Å²) < 4.78 is 67.8. The van der Waals surface area contributed by atoms with Gasteiger partial charge in [-0.1, -0.05) is 12.1 Å². The Balaban J connectivity index is 3.24. The van der Waals surface area contributed by atoms with E-state index in [2.05, 4.69) is 15.3 Å². The van der Waals surface area contributed by atoms with Crippen molar-refractivity contribution in [2.45, 2.75) is 11.1 Å². The molecule has 188 valence electrons. The van der Waals surface area contributed by atoms with Gasteiger partial charge in [-0.05, 0) is 54.9 Å². The fourth-order valence-electron chi connectivity index (χ4n) is 2.22. The van der Waals surface area contributed by atoms with Crippen LogP contribution in [0.3, 0.4) is 0 Å². The number of carbonyl (C=O) groups excluding carboxylic acids is 1. The molecule has 1 aromatic carbocycles. The number of esters is 1. The summed E-state index contributed by atoms with van der Waals surface area (Å²) in [6.07, 6.45) is -3.42. The number of hydrogen-bond acceptors (Lipinski definition) is 8. The molecule has 34 heavy (non-hydrogen) atoms. The standard InChI is InChI=1S/C20H25F3IN5O4S/c1-26-19(28-18(24)13-6-5-7-14(10-13)34(4,31)32)15(11-16(25)20(21,22)23)27-12-17(30)33-9-8-29(2)3/h5-7,10-11,25,27H,8-9,12H2,1-4H3/b15-11-,25-16?,26-19-,28-18-. The SMILES string of the molecule is C/N=C(\N=C(/I)c1cccc(S(C)(=O)=O)c1)C(=C/C(=N)C(F)(F)F)/NCC(=O)OCCN(C)C. The Labute approximate surface area is 209 Å². The summed E-state index contributed by atoms with van der Waals surface area (Å²) in [5.41, 5.74) is -1.62. The first-order valence-corrected chi connectivity index (χ1v) is 12.6. The highest BCUT2D eigenvalue weighted by molar-refractivity contribution is 14.1. The lowest BCUT2D eigenvalue weighted by Gasteiger charge is -2.14. The molecule has 0 atom stereocenters. The van der Waals surface area contributed by atoms with Gasteiger partial charge in [0.15, 0.2) is 15.7 Å². The van der Waals surface area contributed by atoms with E-state index in [1.54, 1.807) is 47.7 Å². The van der Waals surface area contributed by atoms with Crippen molar-refractivity contribution >= 4 is 53.7 Å². The molecule has 0 spiro atoms. The van der Waals surface area contributed by atoms with Crippen molar-refractivity contribution in [2.24, 2.45) is 9.98 Å². The first-order valence-electron chi connectivity index (χ1n) is 9.58. The van der Waals surface area contributed by atoms with Crippen molar-refractivity contribution in [3.63, 3.8) is 0 Å². The Bertz CT molecular complexity index is 1100. The normalized spacial score (nSPS) is 13.7. The van der Waals surface area contributed by atoms with Crippen molar-refractivity contribution in [3.8, 4) is 0 Å². The average Bonchev–Trinajstić information content (AvgIpc) is 2.73. The number of benzene rings is 1. The summed E-state index contributed by atoms with van der Waals surface area (Å²) in [5, 5.41) is 9.79. The topological polar surface area (TPSA) is 124 Å². The summed E-state index contributed by atoms with van der Waals surface area (Å²) in [5.74, 6) is -0.953. The number of hydrogen-bond donors (Lipinski definition) is 2.